The molecule has 1 amide bonds. The molecule has 1 atom stereocenters. The molecule has 1 aliphatic rings. The number of hydrogen-bond donors (Lipinski definition) is 2. The maximum atomic E-state index is 12.4. The number of nitrogens with zero attached hydrogens (tertiary/aromatic N) is 1. The highest BCUT2D eigenvalue weighted by Crippen LogP contribution is 2.42. The number of thioether (sulfide) groups is 1. The third kappa shape index (κ3) is 3.23. The zero-order valence-corrected chi connectivity index (χ0v) is 14.1. The van der Waals surface area contributed by atoms with Crippen LogP contribution in [0.4, 0.5) is 5.69 Å². The third-order valence-corrected chi connectivity index (χ3v) is 5.23. The Morgan fingerprint density at radius 2 is 1.64 bits per heavy atom. The summed E-state index contributed by atoms with van der Waals surface area (Å²) in [5, 5.41) is 17.8. The normalized spacial score (nSPS) is 16.9. The van der Waals surface area contributed by atoms with Crippen molar-refractivity contribution in [3.05, 3.63) is 64.7 Å². The molecule has 0 aliphatic carbocycles. The average Bonchev–Trinajstić information content (AvgIpc) is 2.96. The van der Waals surface area contributed by atoms with E-state index >= 15 is 0 Å². The van der Waals surface area contributed by atoms with Gasteiger partial charge in [-0.05, 0) is 48.4 Å². The van der Waals surface area contributed by atoms with E-state index in [0.717, 1.165) is 5.56 Å². The summed E-state index contributed by atoms with van der Waals surface area (Å²) < 4.78 is 0. The monoisotopic (exact) mass is 357 g/mol. The smallest absolute Gasteiger partial charge is 0.335 e. The van der Waals surface area contributed by atoms with Crippen LogP contribution >= 0.6 is 11.8 Å². The lowest BCUT2D eigenvalue weighted by molar-refractivity contribution is -0.115. The minimum atomic E-state index is -1.02. The van der Waals surface area contributed by atoms with Crippen molar-refractivity contribution in [2.24, 2.45) is 0 Å². The Hall–Kier alpha value is -2.80. The summed E-state index contributed by atoms with van der Waals surface area (Å²) >= 11 is 1.45. The van der Waals surface area contributed by atoms with Gasteiger partial charge >= 0.3 is 11.9 Å². The highest BCUT2D eigenvalue weighted by atomic mass is 32.2. The van der Waals surface area contributed by atoms with E-state index in [0.29, 0.717) is 17.0 Å². The summed E-state index contributed by atoms with van der Waals surface area (Å²) in [7, 11) is 0. The van der Waals surface area contributed by atoms with Gasteiger partial charge in [0.05, 0.1) is 16.9 Å². The number of hydrogen-bond acceptors (Lipinski definition) is 4. The number of carboxylic acid groups (broad SMARTS) is 2. The van der Waals surface area contributed by atoms with E-state index in [1.54, 1.807) is 36.1 Å². The first-order valence-electron chi connectivity index (χ1n) is 7.49. The first kappa shape index (κ1) is 17.0. The van der Waals surface area contributed by atoms with Crippen molar-refractivity contribution in [1.82, 2.24) is 0 Å². The van der Waals surface area contributed by atoms with Gasteiger partial charge in [0.25, 0.3) is 0 Å². The second kappa shape index (κ2) is 6.60. The van der Waals surface area contributed by atoms with Crippen LogP contribution in [0.3, 0.4) is 0 Å². The van der Waals surface area contributed by atoms with Crippen LogP contribution in [0.25, 0.3) is 0 Å². The van der Waals surface area contributed by atoms with Crippen LogP contribution in [0.15, 0.2) is 42.5 Å². The van der Waals surface area contributed by atoms with Crippen LogP contribution in [0, 0.1) is 6.92 Å². The van der Waals surface area contributed by atoms with Gasteiger partial charge in [0, 0.05) is 5.69 Å². The topological polar surface area (TPSA) is 94.9 Å². The highest BCUT2D eigenvalue weighted by molar-refractivity contribution is 8.00. The minimum Gasteiger partial charge on any atom is -0.478 e. The number of carbonyl (C=O) groups excluding carboxylic acids is 1. The number of aryl methyl sites for hydroxylation is 1. The van der Waals surface area contributed by atoms with Gasteiger partial charge in [-0.15, -0.1) is 11.8 Å². The second-order valence-corrected chi connectivity index (χ2v) is 6.73. The number of rotatable bonds is 4. The summed E-state index contributed by atoms with van der Waals surface area (Å²) in [5.41, 5.74) is 2.53. The van der Waals surface area contributed by atoms with Crippen LogP contribution in [0.2, 0.25) is 0 Å². The van der Waals surface area contributed by atoms with E-state index in [1.165, 1.54) is 30.0 Å². The minimum absolute atomic E-state index is 0.0662. The zero-order valence-electron chi connectivity index (χ0n) is 13.3. The van der Waals surface area contributed by atoms with Crippen molar-refractivity contribution in [1.29, 1.82) is 0 Å². The van der Waals surface area contributed by atoms with E-state index in [-0.39, 0.29) is 22.4 Å². The van der Waals surface area contributed by atoms with E-state index in [1.807, 2.05) is 0 Å². The first-order chi connectivity index (χ1) is 11.9. The molecule has 128 valence electrons. The van der Waals surface area contributed by atoms with Crippen molar-refractivity contribution < 1.29 is 24.6 Å². The SMILES string of the molecule is Cc1cc(C(=O)O)ccc1N1C(=O)CSC1c1ccc(C(=O)O)cc1. The molecule has 7 heteroatoms. The lowest BCUT2D eigenvalue weighted by Gasteiger charge is -2.26. The lowest BCUT2D eigenvalue weighted by atomic mass is 10.1. The van der Waals surface area contributed by atoms with Crippen LogP contribution in [-0.4, -0.2) is 33.8 Å². The van der Waals surface area contributed by atoms with E-state index in [2.05, 4.69) is 0 Å². The number of amides is 1. The molecule has 1 heterocycles. The molecule has 2 aromatic rings. The lowest BCUT2D eigenvalue weighted by Crippen LogP contribution is -2.28. The molecule has 1 aliphatic heterocycles. The molecule has 0 aromatic heterocycles. The van der Waals surface area contributed by atoms with Gasteiger partial charge in [0.15, 0.2) is 0 Å². The fourth-order valence-corrected chi connectivity index (χ4v) is 3.95. The molecular weight excluding hydrogens is 342 g/mol. The molecule has 25 heavy (non-hydrogen) atoms. The third-order valence-electron chi connectivity index (χ3n) is 4.01. The average molecular weight is 357 g/mol. The number of benzene rings is 2. The Kier molecular flexibility index (Phi) is 4.50. The first-order valence-corrected chi connectivity index (χ1v) is 8.54. The van der Waals surface area contributed by atoms with Gasteiger partial charge in [-0.1, -0.05) is 12.1 Å². The van der Waals surface area contributed by atoms with Crippen LogP contribution in [0.5, 0.6) is 0 Å². The van der Waals surface area contributed by atoms with Crippen molar-refractivity contribution >= 4 is 35.3 Å². The van der Waals surface area contributed by atoms with Crippen LogP contribution < -0.4 is 4.90 Å². The Morgan fingerprint density at radius 1 is 1.04 bits per heavy atom. The Bertz CT molecular complexity index is 862. The summed E-state index contributed by atoms with van der Waals surface area (Å²) in [6.07, 6.45) is 0. The molecule has 6 nitrogen and oxygen atoms in total. The quantitative estimate of drug-likeness (QED) is 0.873. The van der Waals surface area contributed by atoms with Gasteiger partial charge in [-0.2, -0.15) is 0 Å². The van der Waals surface area contributed by atoms with Gasteiger partial charge in [-0.3, -0.25) is 9.69 Å². The molecule has 1 saturated heterocycles. The summed E-state index contributed by atoms with van der Waals surface area (Å²) in [6, 6.07) is 11.1. The Balaban J connectivity index is 1.97. The summed E-state index contributed by atoms with van der Waals surface area (Å²) in [5.74, 6) is -1.77. The molecule has 2 aromatic carbocycles. The molecule has 1 fully saturated rings. The number of carboxylic acids is 2. The zero-order chi connectivity index (χ0) is 18.1. The van der Waals surface area contributed by atoms with Gasteiger partial charge in [-0.25, -0.2) is 9.59 Å². The molecule has 0 bridgehead atoms. The van der Waals surface area contributed by atoms with Crippen molar-refractivity contribution in [3.8, 4) is 0 Å². The van der Waals surface area contributed by atoms with Crippen molar-refractivity contribution in [2.75, 3.05) is 10.7 Å². The fraction of sp³-hybridized carbons (Fsp3) is 0.167. The van der Waals surface area contributed by atoms with Gasteiger partial charge in [0.2, 0.25) is 5.91 Å². The van der Waals surface area contributed by atoms with E-state index in [4.69, 9.17) is 10.2 Å². The second-order valence-electron chi connectivity index (χ2n) is 5.66. The maximum Gasteiger partial charge on any atom is 0.335 e. The Morgan fingerprint density at radius 3 is 2.20 bits per heavy atom. The molecule has 1 unspecified atom stereocenters. The molecule has 0 spiro atoms. The predicted molar refractivity (Wildman–Crippen MR) is 94.2 cm³/mol. The van der Waals surface area contributed by atoms with Gasteiger partial charge in [0.1, 0.15) is 5.37 Å². The van der Waals surface area contributed by atoms with E-state index < -0.39 is 11.9 Å². The Labute approximate surface area is 148 Å². The van der Waals surface area contributed by atoms with Gasteiger partial charge < -0.3 is 10.2 Å². The highest BCUT2D eigenvalue weighted by Gasteiger charge is 2.35. The maximum absolute atomic E-state index is 12.4. The van der Waals surface area contributed by atoms with Crippen LogP contribution in [-0.2, 0) is 4.79 Å². The molecule has 3 rings (SSSR count). The predicted octanol–water partition coefficient (Wildman–Crippen LogP) is 3.17. The summed E-state index contributed by atoms with van der Waals surface area (Å²) in [6.45, 7) is 1.77. The fourth-order valence-electron chi connectivity index (χ4n) is 2.78. The number of carbonyl (C=O) groups is 3. The number of aromatic carboxylic acids is 2. The van der Waals surface area contributed by atoms with Crippen molar-refractivity contribution in [3.63, 3.8) is 0 Å². The molecule has 0 saturated carbocycles. The molecule has 2 N–H and O–H groups in total. The standard InChI is InChI=1S/C18H15NO5S/c1-10-8-13(18(23)24)6-7-14(10)19-15(20)9-25-16(19)11-2-4-12(5-3-11)17(21)22/h2-8,16H,9H2,1H3,(H,21,22)(H,23,24). The molecule has 0 radical (unpaired) electrons. The molecular formula is C18H15NO5S. The van der Waals surface area contributed by atoms with Crippen molar-refractivity contribution in [2.45, 2.75) is 12.3 Å². The van der Waals surface area contributed by atoms with E-state index in [9.17, 15) is 14.4 Å². The number of anilines is 1. The largest absolute Gasteiger partial charge is 0.478 e. The summed E-state index contributed by atoms with van der Waals surface area (Å²) in [4.78, 5) is 36.1. The van der Waals surface area contributed by atoms with Crippen LogP contribution in [0.1, 0.15) is 37.2 Å².